The SMILES string of the molecule is COc1cc(C=O)ccn1.COc1cc(CC2=C(c3ccc4nsnc4c3)C(=O)OC2(O)c2ccc3c(c2)OCCO3)ccn1. The standard InChI is InChI=1S/C25H19N3O6S.C7H7NO2/c1-31-22-11-14(6-7-26-22)10-17-23(15-2-4-18-19(12-15)28-35-27-18)24(29)34-25(17,30)16-3-5-20-21(13-16)33-9-8-32-20;1-10-7-4-6(5-9)2-3-8-7/h2-7,11-13,30H,8-10H2,1H3;2-5H,1H3. The molecule has 0 saturated heterocycles. The maximum absolute atomic E-state index is 13.3. The van der Waals surface area contributed by atoms with Gasteiger partial charge in [-0.2, -0.15) is 8.75 Å². The predicted octanol–water partition coefficient (Wildman–Crippen LogP) is 4.17. The Morgan fingerprint density at radius 1 is 0.889 bits per heavy atom. The Labute approximate surface area is 261 Å². The Hall–Kier alpha value is -5.40. The summed E-state index contributed by atoms with van der Waals surface area (Å²) in [6.45, 7) is 0.833. The van der Waals surface area contributed by atoms with E-state index in [1.165, 1.54) is 20.4 Å². The van der Waals surface area contributed by atoms with Crippen molar-refractivity contribution >= 4 is 40.6 Å². The highest BCUT2D eigenvalue weighted by Crippen LogP contribution is 2.47. The van der Waals surface area contributed by atoms with Gasteiger partial charge in [-0.25, -0.2) is 14.8 Å². The van der Waals surface area contributed by atoms with Crippen LogP contribution in [0, 0.1) is 0 Å². The summed E-state index contributed by atoms with van der Waals surface area (Å²) in [5.41, 5.74) is 4.35. The summed E-state index contributed by atoms with van der Waals surface area (Å²) in [5, 5.41) is 11.9. The number of rotatable bonds is 7. The van der Waals surface area contributed by atoms with Crippen LogP contribution in [0.1, 0.15) is 27.0 Å². The Morgan fingerprint density at radius 2 is 1.62 bits per heavy atom. The molecule has 12 nitrogen and oxygen atoms in total. The summed E-state index contributed by atoms with van der Waals surface area (Å²) in [6.07, 6.45) is 4.10. The van der Waals surface area contributed by atoms with Crippen molar-refractivity contribution in [2.75, 3.05) is 27.4 Å². The lowest BCUT2D eigenvalue weighted by atomic mass is 9.88. The van der Waals surface area contributed by atoms with Crippen LogP contribution in [-0.4, -0.2) is 63.5 Å². The molecular weight excluding hydrogens is 600 g/mol. The number of ether oxygens (including phenoxy) is 5. The van der Waals surface area contributed by atoms with Gasteiger partial charge in [0.15, 0.2) is 11.5 Å². The summed E-state index contributed by atoms with van der Waals surface area (Å²) < 4.78 is 35.6. The van der Waals surface area contributed by atoms with E-state index in [0.29, 0.717) is 64.3 Å². The second kappa shape index (κ2) is 12.7. The molecule has 2 aliphatic rings. The lowest BCUT2D eigenvalue weighted by Gasteiger charge is -2.27. The number of benzene rings is 2. The second-order valence-corrected chi connectivity index (χ2v) is 10.4. The lowest BCUT2D eigenvalue weighted by Crippen LogP contribution is -2.30. The molecule has 0 saturated carbocycles. The van der Waals surface area contributed by atoms with Gasteiger partial charge in [0.2, 0.25) is 11.8 Å². The van der Waals surface area contributed by atoms with E-state index in [4.69, 9.17) is 23.7 Å². The van der Waals surface area contributed by atoms with Gasteiger partial charge in [0, 0.05) is 47.6 Å². The third-order valence-electron chi connectivity index (χ3n) is 7.12. The van der Waals surface area contributed by atoms with E-state index in [1.807, 2.05) is 0 Å². The van der Waals surface area contributed by atoms with Crippen molar-refractivity contribution in [2.45, 2.75) is 12.2 Å². The molecule has 1 unspecified atom stereocenters. The summed E-state index contributed by atoms with van der Waals surface area (Å²) in [6, 6.07) is 17.1. The van der Waals surface area contributed by atoms with Gasteiger partial charge in [-0.1, -0.05) is 6.07 Å². The molecule has 3 aromatic heterocycles. The van der Waals surface area contributed by atoms with Crippen LogP contribution in [0.5, 0.6) is 23.3 Å². The topological polar surface area (TPSA) is 152 Å². The minimum Gasteiger partial charge on any atom is -0.486 e. The lowest BCUT2D eigenvalue weighted by molar-refractivity contribution is -0.185. The van der Waals surface area contributed by atoms with E-state index in [0.717, 1.165) is 29.1 Å². The Balaban J connectivity index is 0.000000306. The second-order valence-electron chi connectivity index (χ2n) is 9.85. The number of cyclic esters (lactones) is 1. The van der Waals surface area contributed by atoms with Gasteiger partial charge >= 0.3 is 5.97 Å². The van der Waals surface area contributed by atoms with E-state index < -0.39 is 11.8 Å². The van der Waals surface area contributed by atoms with Gasteiger partial charge in [0.1, 0.15) is 30.5 Å². The Bertz CT molecular complexity index is 1930. The summed E-state index contributed by atoms with van der Waals surface area (Å²) in [5.74, 6) is -0.725. The van der Waals surface area contributed by atoms with Crippen molar-refractivity contribution < 1.29 is 38.4 Å². The van der Waals surface area contributed by atoms with Crippen molar-refractivity contribution in [3.63, 3.8) is 0 Å². The number of esters is 1. The summed E-state index contributed by atoms with van der Waals surface area (Å²) in [4.78, 5) is 31.5. The van der Waals surface area contributed by atoms with Crippen molar-refractivity contribution in [3.8, 4) is 23.3 Å². The predicted molar refractivity (Wildman–Crippen MR) is 162 cm³/mol. The molecule has 45 heavy (non-hydrogen) atoms. The number of hydrogen-bond donors (Lipinski definition) is 1. The summed E-state index contributed by atoms with van der Waals surface area (Å²) >= 11 is 1.09. The number of carbonyl (C=O) groups is 2. The molecule has 0 fully saturated rings. The van der Waals surface area contributed by atoms with Crippen molar-refractivity contribution in [1.29, 1.82) is 0 Å². The van der Waals surface area contributed by atoms with Gasteiger partial charge < -0.3 is 28.8 Å². The highest BCUT2D eigenvalue weighted by atomic mass is 32.1. The molecule has 2 aromatic carbocycles. The molecule has 13 heteroatoms. The number of hydrogen-bond acceptors (Lipinski definition) is 13. The molecule has 1 atom stereocenters. The van der Waals surface area contributed by atoms with E-state index in [2.05, 4.69) is 18.7 Å². The Kier molecular flexibility index (Phi) is 8.36. The van der Waals surface area contributed by atoms with Gasteiger partial charge in [-0.05, 0) is 53.6 Å². The number of fused-ring (bicyclic) bond motifs is 2. The van der Waals surface area contributed by atoms with Crippen molar-refractivity contribution in [3.05, 3.63) is 101 Å². The quantitative estimate of drug-likeness (QED) is 0.204. The van der Waals surface area contributed by atoms with Gasteiger partial charge in [-0.15, -0.1) is 0 Å². The minimum atomic E-state index is -2.02. The molecule has 5 aromatic rings. The van der Waals surface area contributed by atoms with Crippen molar-refractivity contribution in [1.82, 2.24) is 18.7 Å². The number of aldehydes is 1. The average molecular weight is 627 g/mol. The molecule has 0 spiro atoms. The van der Waals surface area contributed by atoms with Crippen LogP contribution in [-0.2, 0) is 21.7 Å². The summed E-state index contributed by atoms with van der Waals surface area (Å²) in [7, 11) is 3.04. The number of aliphatic hydroxyl groups is 1. The van der Waals surface area contributed by atoms with Crippen molar-refractivity contribution in [2.24, 2.45) is 0 Å². The van der Waals surface area contributed by atoms with Gasteiger partial charge in [-0.3, -0.25) is 4.79 Å². The number of carbonyl (C=O) groups excluding carboxylic acids is 2. The molecule has 7 rings (SSSR count). The zero-order chi connectivity index (χ0) is 31.4. The largest absolute Gasteiger partial charge is 0.486 e. The maximum atomic E-state index is 13.3. The normalized spacial score (nSPS) is 16.9. The molecule has 1 N–H and O–H groups in total. The number of nitrogens with zero attached hydrogens (tertiary/aromatic N) is 4. The fraction of sp³-hybridized carbons (Fsp3) is 0.188. The Morgan fingerprint density at radius 3 is 2.40 bits per heavy atom. The highest BCUT2D eigenvalue weighted by molar-refractivity contribution is 7.00. The molecular formula is C32H26N4O8S. The van der Waals surface area contributed by atoms with Gasteiger partial charge in [0.25, 0.3) is 5.79 Å². The van der Waals surface area contributed by atoms with Gasteiger partial charge in [0.05, 0.1) is 31.5 Å². The first-order valence-corrected chi connectivity index (χ1v) is 14.4. The molecule has 5 heterocycles. The number of aromatic nitrogens is 4. The van der Waals surface area contributed by atoms with E-state index in [1.54, 1.807) is 66.9 Å². The van der Waals surface area contributed by atoms with Crippen LogP contribution in [0.3, 0.4) is 0 Å². The first-order valence-electron chi connectivity index (χ1n) is 13.7. The molecule has 0 bridgehead atoms. The van der Waals surface area contributed by atoms with Crippen LogP contribution in [0.4, 0.5) is 0 Å². The first kappa shape index (κ1) is 29.7. The smallest absolute Gasteiger partial charge is 0.342 e. The maximum Gasteiger partial charge on any atom is 0.342 e. The van der Waals surface area contributed by atoms with E-state index in [-0.39, 0.29) is 12.0 Å². The number of pyridine rings is 2. The van der Waals surface area contributed by atoms with Crippen LogP contribution >= 0.6 is 11.7 Å². The first-order chi connectivity index (χ1) is 21.9. The highest BCUT2D eigenvalue weighted by Gasteiger charge is 2.48. The molecule has 0 radical (unpaired) electrons. The monoisotopic (exact) mass is 626 g/mol. The molecule has 2 aliphatic heterocycles. The van der Waals surface area contributed by atoms with E-state index >= 15 is 0 Å². The third kappa shape index (κ3) is 6.03. The fourth-order valence-electron chi connectivity index (χ4n) is 4.95. The zero-order valence-corrected chi connectivity index (χ0v) is 24.9. The minimum absolute atomic E-state index is 0.207. The van der Waals surface area contributed by atoms with Crippen LogP contribution in [0.25, 0.3) is 16.6 Å². The van der Waals surface area contributed by atoms with Crippen LogP contribution in [0.15, 0.2) is 78.6 Å². The fourth-order valence-corrected chi connectivity index (χ4v) is 5.47. The molecule has 0 amide bonds. The van der Waals surface area contributed by atoms with Crippen LogP contribution in [0.2, 0.25) is 0 Å². The number of methoxy groups -OCH3 is 2. The average Bonchev–Trinajstić information content (AvgIpc) is 3.66. The van der Waals surface area contributed by atoms with Crippen LogP contribution < -0.4 is 18.9 Å². The third-order valence-corrected chi connectivity index (χ3v) is 7.68. The van der Waals surface area contributed by atoms with E-state index in [9.17, 15) is 14.7 Å². The zero-order valence-electron chi connectivity index (χ0n) is 24.1. The molecule has 228 valence electrons. The molecule has 0 aliphatic carbocycles.